The minimum Gasteiger partial charge on any atom is -0.493 e. The Morgan fingerprint density at radius 1 is 1.48 bits per heavy atom. The van der Waals surface area contributed by atoms with E-state index in [-0.39, 0.29) is 11.8 Å². The van der Waals surface area contributed by atoms with Gasteiger partial charge in [-0.1, -0.05) is 12.1 Å². The van der Waals surface area contributed by atoms with E-state index in [0.29, 0.717) is 24.3 Å². The van der Waals surface area contributed by atoms with Gasteiger partial charge in [-0.05, 0) is 30.9 Å². The lowest BCUT2D eigenvalue weighted by atomic mass is 9.49. The number of carbonyl (C=O) groups excluding carboxylic acids is 1. The first-order chi connectivity index (χ1) is 12.1. The third-order valence-corrected chi connectivity index (χ3v) is 6.94. The Balaban J connectivity index is 1.79. The van der Waals surface area contributed by atoms with Crippen LogP contribution in [-0.4, -0.2) is 53.7 Å². The van der Waals surface area contributed by atoms with E-state index in [1.54, 1.807) is 7.11 Å². The number of methoxy groups -OCH3 is 1. The fraction of sp³-hybridized carbons (Fsp3) is 0.550. The molecule has 2 heterocycles. The van der Waals surface area contributed by atoms with Gasteiger partial charge in [0.2, 0.25) is 0 Å². The summed E-state index contributed by atoms with van der Waals surface area (Å²) in [5, 5.41) is 11.9. The van der Waals surface area contributed by atoms with E-state index in [0.717, 1.165) is 31.5 Å². The van der Waals surface area contributed by atoms with Crippen LogP contribution in [0, 0.1) is 0 Å². The van der Waals surface area contributed by atoms with E-state index in [9.17, 15) is 9.90 Å². The van der Waals surface area contributed by atoms with Crippen LogP contribution in [0.3, 0.4) is 0 Å². The first kappa shape index (κ1) is 15.4. The fourth-order valence-corrected chi connectivity index (χ4v) is 5.95. The van der Waals surface area contributed by atoms with Gasteiger partial charge in [0.1, 0.15) is 0 Å². The van der Waals surface area contributed by atoms with Gasteiger partial charge in [0, 0.05) is 31.1 Å². The first-order valence-electron chi connectivity index (χ1n) is 9.04. The number of likely N-dealkylation sites (tertiary alicyclic amines) is 1. The molecule has 2 aliphatic carbocycles. The number of benzene rings is 1. The maximum Gasteiger partial charge on any atom is 0.174 e. The van der Waals surface area contributed by atoms with Crippen molar-refractivity contribution in [1.29, 1.82) is 0 Å². The van der Waals surface area contributed by atoms with Gasteiger partial charge in [0.05, 0.1) is 18.1 Å². The van der Waals surface area contributed by atoms with Crippen molar-refractivity contribution >= 4 is 5.78 Å². The summed E-state index contributed by atoms with van der Waals surface area (Å²) in [5.41, 5.74) is 0.623. The summed E-state index contributed by atoms with van der Waals surface area (Å²) in [5.74, 6) is 1.44. The molecule has 132 valence electrons. The Hall–Kier alpha value is -1.85. The number of Topliss-reactive ketones (excluding diaryl/α,β-unsaturated/α-hetero) is 1. The number of hydrogen-bond acceptors (Lipinski definition) is 5. The Labute approximate surface area is 147 Å². The normalized spacial score (nSPS) is 38.1. The number of ketones is 1. The third-order valence-electron chi connectivity index (χ3n) is 6.94. The van der Waals surface area contributed by atoms with E-state index in [4.69, 9.17) is 9.47 Å². The van der Waals surface area contributed by atoms with Crippen LogP contribution in [0.5, 0.6) is 11.5 Å². The van der Waals surface area contributed by atoms with Crippen LogP contribution < -0.4 is 9.47 Å². The largest absolute Gasteiger partial charge is 0.493 e. The van der Waals surface area contributed by atoms with Gasteiger partial charge in [-0.3, -0.25) is 9.69 Å². The van der Waals surface area contributed by atoms with Crippen LogP contribution in [0.2, 0.25) is 0 Å². The second-order valence-corrected chi connectivity index (χ2v) is 7.74. The zero-order chi connectivity index (χ0) is 17.4. The number of rotatable bonds is 3. The monoisotopic (exact) mass is 341 g/mol. The van der Waals surface area contributed by atoms with Crippen LogP contribution in [0.25, 0.3) is 0 Å². The molecule has 0 amide bonds. The topological polar surface area (TPSA) is 59.0 Å². The van der Waals surface area contributed by atoms with Gasteiger partial charge in [-0.25, -0.2) is 0 Å². The molecular weight excluding hydrogens is 318 g/mol. The highest BCUT2D eigenvalue weighted by Crippen LogP contribution is 2.64. The van der Waals surface area contributed by atoms with Crippen molar-refractivity contribution in [3.63, 3.8) is 0 Å². The zero-order valence-electron chi connectivity index (χ0n) is 14.5. The molecule has 2 bridgehead atoms. The Kier molecular flexibility index (Phi) is 3.00. The van der Waals surface area contributed by atoms with E-state index in [1.807, 2.05) is 12.1 Å². The van der Waals surface area contributed by atoms with Crippen molar-refractivity contribution in [2.24, 2.45) is 0 Å². The maximum atomic E-state index is 12.8. The summed E-state index contributed by atoms with van der Waals surface area (Å²) < 4.78 is 11.7. The van der Waals surface area contributed by atoms with Crippen molar-refractivity contribution in [2.75, 3.05) is 20.2 Å². The van der Waals surface area contributed by atoms with Crippen molar-refractivity contribution in [3.05, 3.63) is 35.9 Å². The Morgan fingerprint density at radius 2 is 2.32 bits per heavy atom. The van der Waals surface area contributed by atoms with Crippen LogP contribution in [0.15, 0.2) is 24.8 Å². The molecule has 5 rings (SSSR count). The standard InChI is InChI=1S/C20H23NO4/c1-3-9-21-10-8-19-16-12-4-5-14(24-2)17(16)25-18(19)13(22)6-7-20(19,23)15(21)11-12/h3-5,15,18,23H,1,6-11H2,2H3/t15-,18?,19+,20-/m1/s1. The average Bonchev–Trinajstić information content (AvgIpc) is 2.96. The third kappa shape index (κ3) is 1.59. The highest BCUT2D eigenvalue weighted by molar-refractivity contribution is 5.90. The van der Waals surface area contributed by atoms with E-state index < -0.39 is 17.1 Å². The second kappa shape index (κ2) is 4.86. The molecule has 1 aromatic carbocycles. The Morgan fingerprint density at radius 3 is 3.08 bits per heavy atom. The minimum atomic E-state index is -0.947. The summed E-state index contributed by atoms with van der Waals surface area (Å²) >= 11 is 0. The van der Waals surface area contributed by atoms with Crippen LogP contribution >= 0.6 is 0 Å². The number of carbonyl (C=O) groups is 1. The average molecular weight is 341 g/mol. The van der Waals surface area contributed by atoms with Gasteiger partial charge < -0.3 is 14.6 Å². The molecular formula is C20H23NO4. The van der Waals surface area contributed by atoms with E-state index in [1.165, 1.54) is 5.56 Å². The highest BCUT2D eigenvalue weighted by atomic mass is 16.5. The summed E-state index contributed by atoms with van der Waals surface area (Å²) in [6, 6.07) is 3.99. The number of hydrogen-bond donors (Lipinski definition) is 1. The van der Waals surface area contributed by atoms with Crippen LogP contribution in [-0.2, 0) is 16.6 Å². The summed E-state index contributed by atoms with van der Waals surface area (Å²) in [6.07, 6.45) is 3.66. The Bertz CT molecular complexity index is 790. The predicted octanol–water partition coefficient (Wildman–Crippen LogP) is 1.60. The number of piperidine rings is 1. The smallest absolute Gasteiger partial charge is 0.174 e. The molecule has 0 aromatic heterocycles. The van der Waals surface area contributed by atoms with E-state index in [2.05, 4.69) is 17.5 Å². The van der Waals surface area contributed by atoms with Crippen molar-refractivity contribution in [1.82, 2.24) is 4.90 Å². The lowest BCUT2D eigenvalue weighted by molar-refractivity contribution is -0.187. The molecule has 1 aromatic rings. The molecule has 0 radical (unpaired) electrons. The second-order valence-electron chi connectivity index (χ2n) is 7.74. The molecule has 1 spiro atoms. The van der Waals surface area contributed by atoms with Crippen molar-refractivity contribution < 1.29 is 19.4 Å². The number of aliphatic hydroxyl groups is 1. The SMILES string of the molecule is C=CCN1CC[C@]23c4c5ccc(OC)c4OC2C(=O)CC[C@@]3(O)[C@H]1C5. The minimum absolute atomic E-state index is 0.00899. The summed E-state index contributed by atoms with van der Waals surface area (Å²) in [4.78, 5) is 15.1. The number of ether oxygens (including phenoxy) is 2. The van der Waals surface area contributed by atoms with Gasteiger partial charge in [-0.2, -0.15) is 0 Å². The molecule has 4 atom stereocenters. The molecule has 1 N–H and O–H groups in total. The molecule has 4 aliphatic rings. The first-order valence-corrected chi connectivity index (χ1v) is 9.04. The molecule has 5 nitrogen and oxygen atoms in total. The van der Waals surface area contributed by atoms with Crippen LogP contribution in [0.4, 0.5) is 0 Å². The highest BCUT2D eigenvalue weighted by Gasteiger charge is 2.73. The maximum absolute atomic E-state index is 12.8. The number of nitrogens with zero attached hydrogens (tertiary/aromatic N) is 1. The molecule has 1 saturated heterocycles. The van der Waals surface area contributed by atoms with Gasteiger partial charge in [-0.15, -0.1) is 6.58 Å². The van der Waals surface area contributed by atoms with Crippen molar-refractivity contribution in [2.45, 2.75) is 48.8 Å². The van der Waals surface area contributed by atoms with Crippen LogP contribution in [0.1, 0.15) is 30.4 Å². The molecule has 2 aliphatic heterocycles. The quantitative estimate of drug-likeness (QED) is 0.847. The van der Waals surface area contributed by atoms with E-state index >= 15 is 0 Å². The molecule has 1 unspecified atom stereocenters. The molecule has 5 heteroatoms. The fourth-order valence-electron chi connectivity index (χ4n) is 5.95. The van der Waals surface area contributed by atoms with Crippen molar-refractivity contribution in [3.8, 4) is 11.5 Å². The molecule has 1 saturated carbocycles. The lowest BCUT2D eigenvalue weighted by Gasteiger charge is -2.62. The van der Waals surface area contributed by atoms with Gasteiger partial charge in [0.15, 0.2) is 23.4 Å². The zero-order valence-corrected chi connectivity index (χ0v) is 14.5. The van der Waals surface area contributed by atoms with Gasteiger partial charge >= 0.3 is 0 Å². The lowest BCUT2D eigenvalue weighted by Crippen LogP contribution is -2.76. The van der Waals surface area contributed by atoms with Gasteiger partial charge in [0.25, 0.3) is 0 Å². The molecule has 2 fully saturated rings. The summed E-state index contributed by atoms with van der Waals surface area (Å²) in [6.45, 7) is 5.46. The summed E-state index contributed by atoms with van der Waals surface area (Å²) in [7, 11) is 1.62. The molecule has 25 heavy (non-hydrogen) atoms. The predicted molar refractivity (Wildman–Crippen MR) is 92.2 cm³/mol.